The Bertz CT molecular complexity index is 771. The van der Waals surface area contributed by atoms with Gasteiger partial charge in [0.2, 0.25) is 0 Å². The summed E-state index contributed by atoms with van der Waals surface area (Å²) in [5.41, 5.74) is 8.37. The number of hydrogen-bond acceptors (Lipinski definition) is 3. The summed E-state index contributed by atoms with van der Waals surface area (Å²) in [7, 11) is -3.34. The van der Waals surface area contributed by atoms with Crippen molar-refractivity contribution in [2.45, 2.75) is 17.2 Å². The van der Waals surface area contributed by atoms with Gasteiger partial charge in [-0.25, -0.2) is 8.42 Å². The maximum Gasteiger partial charge on any atom is 0.179 e. The number of fused-ring (bicyclic) bond motifs is 1. The van der Waals surface area contributed by atoms with Gasteiger partial charge < -0.3 is 5.73 Å². The molecule has 5 heteroatoms. The molecule has 1 aliphatic carbocycles. The van der Waals surface area contributed by atoms with Gasteiger partial charge in [-0.15, -0.1) is 0 Å². The lowest BCUT2D eigenvalue weighted by atomic mass is 9.79. The SMILES string of the molecule is Nc1ccc(S(=O)(=O)CC2Cc3ccccc32)cc1Cl. The number of halogens is 1. The van der Waals surface area contributed by atoms with Gasteiger partial charge in [-0.05, 0) is 35.7 Å². The molecule has 3 rings (SSSR count). The van der Waals surface area contributed by atoms with Gasteiger partial charge in [0.1, 0.15) is 0 Å². The summed E-state index contributed by atoms with van der Waals surface area (Å²) < 4.78 is 24.8. The molecule has 0 spiro atoms. The number of nitrogens with two attached hydrogens (primary N) is 1. The van der Waals surface area contributed by atoms with Crippen LogP contribution in [0.4, 0.5) is 5.69 Å². The molecular formula is C15H14ClNO2S. The summed E-state index contributed by atoms with van der Waals surface area (Å²) in [4.78, 5) is 0.237. The van der Waals surface area contributed by atoms with Crippen LogP contribution < -0.4 is 5.73 Å². The Balaban J connectivity index is 1.86. The Morgan fingerprint density at radius 2 is 1.95 bits per heavy atom. The topological polar surface area (TPSA) is 60.2 Å². The molecule has 0 bridgehead atoms. The van der Waals surface area contributed by atoms with Gasteiger partial charge in [-0.2, -0.15) is 0 Å². The zero-order chi connectivity index (χ0) is 14.3. The molecular weight excluding hydrogens is 294 g/mol. The number of sulfone groups is 1. The molecule has 0 heterocycles. The largest absolute Gasteiger partial charge is 0.398 e. The third-order valence-electron chi connectivity index (χ3n) is 3.71. The number of hydrogen-bond donors (Lipinski definition) is 1. The molecule has 1 unspecified atom stereocenters. The van der Waals surface area contributed by atoms with E-state index in [0.29, 0.717) is 5.69 Å². The molecule has 0 amide bonds. The van der Waals surface area contributed by atoms with Crippen molar-refractivity contribution in [2.75, 3.05) is 11.5 Å². The van der Waals surface area contributed by atoms with Crippen molar-refractivity contribution >= 4 is 27.1 Å². The van der Waals surface area contributed by atoms with Crippen molar-refractivity contribution in [3.05, 3.63) is 58.6 Å². The van der Waals surface area contributed by atoms with Crippen LogP contribution in [0.3, 0.4) is 0 Å². The maximum atomic E-state index is 12.4. The van der Waals surface area contributed by atoms with Crippen LogP contribution in [0, 0.1) is 0 Å². The van der Waals surface area contributed by atoms with Crippen molar-refractivity contribution in [3.8, 4) is 0 Å². The van der Waals surface area contributed by atoms with Gasteiger partial charge in [0.25, 0.3) is 0 Å². The first-order chi connectivity index (χ1) is 9.47. The molecule has 1 atom stereocenters. The lowest BCUT2D eigenvalue weighted by molar-refractivity contribution is 0.577. The fraction of sp³-hybridized carbons (Fsp3) is 0.200. The smallest absolute Gasteiger partial charge is 0.179 e. The van der Waals surface area contributed by atoms with Gasteiger partial charge >= 0.3 is 0 Å². The van der Waals surface area contributed by atoms with Crippen LogP contribution in [0.2, 0.25) is 5.02 Å². The third kappa shape index (κ3) is 2.30. The Hall–Kier alpha value is -1.52. The summed E-state index contributed by atoms with van der Waals surface area (Å²) in [5.74, 6) is 0.192. The summed E-state index contributed by atoms with van der Waals surface area (Å²) in [5, 5.41) is 0.278. The molecule has 1 aliphatic rings. The highest BCUT2D eigenvalue weighted by molar-refractivity contribution is 7.91. The lowest BCUT2D eigenvalue weighted by Gasteiger charge is -2.29. The van der Waals surface area contributed by atoms with Crippen LogP contribution in [0.5, 0.6) is 0 Å². The van der Waals surface area contributed by atoms with Gasteiger partial charge in [-0.3, -0.25) is 0 Å². The number of rotatable bonds is 3. The molecule has 0 aromatic heterocycles. The zero-order valence-corrected chi connectivity index (χ0v) is 12.3. The normalized spacial score (nSPS) is 17.4. The molecule has 3 nitrogen and oxygen atoms in total. The first kappa shape index (κ1) is 13.5. The second-order valence-corrected chi connectivity index (χ2v) is 7.51. The van der Waals surface area contributed by atoms with E-state index < -0.39 is 9.84 Å². The highest BCUT2D eigenvalue weighted by Gasteiger charge is 2.30. The third-order valence-corrected chi connectivity index (χ3v) is 5.85. The quantitative estimate of drug-likeness (QED) is 0.887. The van der Waals surface area contributed by atoms with Gasteiger partial charge in [-0.1, -0.05) is 35.9 Å². The maximum absolute atomic E-state index is 12.4. The predicted molar refractivity (Wildman–Crippen MR) is 80.8 cm³/mol. The standard InChI is InChI=1S/C15H14ClNO2S/c16-14-8-12(5-6-15(14)17)20(18,19)9-11-7-10-3-1-2-4-13(10)11/h1-6,8,11H,7,9,17H2. The van der Waals surface area contributed by atoms with E-state index in [-0.39, 0.29) is 21.6 Å². The average Bonchev–Trinajstić information content (AvgIpc) is 2.39. The van der Waals surface area contributed by atoms with Crippen molar-refractivity contribution in [1.29, 1.82) is 0 Å². The van der Waals surface area contributed by atoms with Crippen molar-refractivity contribution in [1.82, 2.24) is 0 Å². The molecule has 0 saturated heterocycles. The summed E-state index contributed by atoms with van der Waals surface area (Å²) >= 11 is 5.90. The Morgan fingerprint density at radius 1 is 1.20 bits per heavy atom. The van der Waals surface area contributed by atoms with Gasteiger partial charge in [0.15, 0.2) is 9.84 Å². The second-order valence-electron chi connectivity index (χ2n) is 5.06. The highest BCUT2D eigenvalue weighted by Crippen LogP contribution is 2.37. The number of nitrogen functional groups attached to an aromatic ring is 1. The van der Waals surface area contributed by atoms with Gasteiger partial charge in [0.05, 0.1) is 21.4 Å². The van der Waals surface area contributed by atoms with Crippen molar-refractivity contribution < 1.29 is 8.42 Å². The van der Waals surface area contributed by atoms with Crippen LogP contribution in [-0.2, 0) is 16.3 Å². The fourth-order valence-electron chi connectivity index (χ4n) is 2.57. The number of benzene rings is 2. The van der Waals surface area contributed by atoms with E-state index in [2.05, 4.69) is 0 Å². The molecule has 2 aromatic carbocycles. The van der Waals surface area contributed by atoms with Crippen molar-refractivity contribution in [2.24, 2.45) is 0 Å². The number of anilines is 1. The Morgan fingerprint density at radius 3 is 2.65 bits per heavy atom. The van der Waals surface area contributed by atoms with Crippen LogP contribution in [0.1, 0.15) is 17.0 Å². The Kier molecular flexibility index (Phi) is 3.22. The summed E-state index contributed by atoms with van der Waals surface area (Å²) in [6, 6.07) is 12.4. The molecule has 0 saturated carbocycles. The average molecular weight is 308 g/mol. The van der Waals surface area contributed by atoms with Crippen LogP contribution in [0.25, 0.3) is 0 Å². The molecule has 20 heavy (non-hydrogen) atoms. The van der Waals surface area contributed by atoms with E-state index in [1.54, 1.807) is 0 Å². The lowest BCUT2D eigenvalue weighted by Crippen LogP contribution is -2.25. The molecule has 0 fully saturated rings. The van der Waals surface area contributed by atoms with E-state index in [1.807, 2.05) is 24.3 Å². The fourth-order valence-corrected chi connectivity index (χ4v) is 4.41. The minimum absolute atomic E-state index is 0.0764. The molecule has 0 aliphatic heterocycles. The van der Waals surface area contributed by atoms with Crippen LogP contribution >= 0.6 is 11.6 Å². The minimum atomic E-state index is -3.34. The van der Waals surface area contributed by atoms with E-state index in [0.717, 1.165) is 12.0 Å². The first-order valence-electron chi connectivity index (χ1n) is 6.33. The minimum Gasteiger partial charge on any atom is -0.398 e. The monoisotopic (exact) mass is 307 g/mol. The molecule has 2 N–H and O–H groups in total. The highest BCUT2D eigenvalue weighted by atomic mass is 35.5. The Labute approximate surface area is 123 Å². The van der Waals surface area contributed by atoms with Crippen LogP contribution in [-0.4, -0.2) is 14.2 Å². The summed E-state index contributed by atoms with van der Waals surface area (Å²) in [6.45, 7) is 0. The van der Waals surface area contributed by atoms with E-state index in [9.17, 15) is 8.42 Å². The second kappa shape index (κ2) is 4.79. The zero-order valence-electron chi connectivity index (χ0n) is 10.7. The predicted octanol–water partition coefficient (Wildman–Crippen LogP) is 3.04. The first-order valence-corrected chi connectivity index (χ1v) is 8.36. The summed E-state index contributed by atoms with van der Waals surface area (Å²) in [6.07, 6.45) is 0.818. The molecule has 2 aromatic rings. The van der Waals surface area contributed by atoms with E-state index in [4.69, 9.17) is 17.3 Å². The molecule has 0 radical (unpaired) electrons. The van der Waals surface area contributed by atoms with Gasteiger partial charge in [0, 0.05) is 5.92 Å². The van der Waals surface area contributed by atoms with Crippen molar-refractivity contribution in [3.63, 3.8) is 0 Å². The van der Waals surface area contributed by atoms with E-state index in [1.165, 1.54) is 23.8 Å². The van der Waals surface area contributed by atoms with E-state index >= 15 is 0 Å². The molecule has 104 valence electrons. The van der Waals surface area contributed by atoms with Crippen LogP contribution in [0.15, 0.2) is 47.4 Å².